The first-order valence-electron chi connectivity index (χ1n) is 7.27. The number of ether oxygens (including phenoxy) is 1. The molecule has 1 spiro atoms. The van der Waals surface area contributed by atoms with E-state index in [0.717, 1.165) is 51.6 Å². The summed E-state index contributed by atoms with van der Waals surface area (Å²) in [6.45, 7) is 4.15. The van der Waals surface area contributed by atoms with Gasteiger partial charge in [-0.1, -0.05) is 13.3 Å². The molecule has 5 nitrogen and oxygen atoms in total. The molecule has 108 valence electrons. The third-order valence-corrected chi connectivity index (χ3v) is 4.48. The number of nitrogens with zero attached hydrogens (tertiary/aromatic N) is 1. The highest BCUT2D eigenvalue weighted by Crippen LogP contribution is 2.45. The van der Waals surface area contributed by atoms with Crippen LogP contribution in [0.1, 0.15) is 45.4 Å². The zero-order valence-corrected chi connectivity index (χ0v) is 11.7. The van der Waals surface area contributed by atoms with Gasteiger partial charge < -0.3 is 15.4 Å². The van der Waals surface area contributed by atoms with Gasteiger partial charge in [0.2, 0.25) is 5.91 Å². The Morgan fingerprint density at radius 2 is 1.95 bits per heavy atom. The van der Waals surface area contributed by atoms with Crippen molar-refractivity contribution in [2.45, 2.75) is 45.4 Å². The molecule has 2 rings (SSSR count). The minimum atomic E-state index is -0.184. The van der Waals surface area contributed by atoms with E-state index in [0.29, 0.717) is 6.61 Å². The molecule has 0 aromatic rings. The fourth-order valence-corrected chi connectivity index (χ4v) is 3.12. The first kappa shape index (κ1) is 14.2. The maximum Gasteiger partial charge on any atom is 0.409 e. The summed E-state index contributed by atoms with van der Waals surface area (Å²) in [6, 6.07) is 0. The normalized spacial score (nSPS) is 22.1. The van der Waals surface area contributed by atoms with Gasteiger partial charge in [0.15, 0.2) is 0 Å². The Balaban J connectivity index is 1.71. The highest BCUT2D eigenvalue weighted by atomic mass is 16.6. The van der Waals surface area contributed by atoms with E-state index in [1.807, 2.05) is 0 Å². The number of likely N-dealkylation sites (tertiary alicyclic amines) is 1. The first-order chi connectivity index (χ1) is 9.06. The van der Waals surface area contributed by atoms with E-state index in [1.54, 1.807) is 4.90 Å². The van der Waals surface area contributed by atoms with Crippen molar-refractivity contribution in [3.8, 4) is 0 Å². The number of rotatable bonds is 4. The molecule has 5 heteroatoms. The summed E-state index contributed by atoms with van der Waals surface area (Å²) in [5.74, 6) is -0.138. The third kappa shape index (κ3) is 3.19. The monoisotopic (exact) mass is 268 g/mol. The van der Waals surface area contributed by atoms with Crippen molar-refractivity contribution in [3.05, 3.63) is 0 Å². The number of carbonyl (C=O) groups excluding carboxylic acids is 2. The predicted octanol–water partition coefficient (Wildman–Crippen LogP) is 1.90. The molecule has 19 heavy (non-hydrogen) atoms. The third-order valence-electron chi connectivity index (χ3n) is 4.48. The summed E-state index contributed by atoms with van der Waals surface area (Å²) in [6.07, 6.45) is 5.51. The number of hydrogen-bond donors (Lipinski definition) is 1. The zero-order valence-electron chi connectivity index (χ0n) is 11.7. The lowest BCUT2D eigenvalue weighted by Gasteiger charge is -2.52. The Hall–Kier alpha value is -1.26. The molecule has 2 N–H and O–H groups in total. The molecular formula is C14H24N2O3. The topological polar surface area (TPSA) is 72.6 Å². The van der Waals surface area contributed by atoms with E-state index >= 15 is 0 Å². The molecular weight excluding hydrogens is 244 g/mol. The lowest BCUT2D eigenvalue weighted by Crippen LogP contribution is -2.60. The second-order valence-corrected chi connectivity index (χ2v) is 6.00. The second kappa shape index (κ2) is 5.80. The Kier molecular flexibility index (Phi) is 4.32. The van der Waals surface area contributed by atoms with Crippen LogP contribution >= 0.6 is 0 Å². The summed E-state index contributed by atoms with van der Waals surface area (Å²) >= 11 is 0. The molecule has 0 bridgehead atoms. The van der Waals surface area contributed by atoms with E-state index in [-0.39, 0.29) is 23.3 Å². The molecule has 0 aromatic carbocycles. The molecule has 0 atom stereocenters. The Bertz CT molecular complexity index is 341. The van der Waals surface area contributed by atoms with Crippen LogP contribution in [0.4, 0.5) is 4.79 Å². The predicted molar refractivity (Wildman–Crippen MR) is 71.4 cm³/mol. The highest BCUT2D eigenvalue weighted by molar-refractivity contribution is 5.76. The minimum absolute atomic E-state index is 0.0381. The number of primary amides is 1. The molecule has 2 amide bonds. The summed E-state index contributed by atoms with van der Waals surface area (Å²) in [5, 5.41) is 0. The highest BCUT2D eigenvalue weighted by Gasteiger charge is 2.48. The van der Waals surface area contributed by atoms with Crippen LogP contribution < -0.4 is 5.73 Å². The Morgan fingerprint density at radius 3 is 2.47 bits per heavy atom. The average Bonchev–Trinajstić information content (AvgIpc) is 2.36. The van der Waals surface area contributed by atoms with Gasteiger partial charge in [-0.15, -0.1) is 0 Å². The quantitative estimate of drug-likeness (QED) is 0.791. The lowest BCUT2D eigenvalue weighted by atomic mass is 9.66. The van der Waals surface area contributed by atoms with Gasteiger partial charge in [0.05, 0.1) is 6.61 Å². The SMILES string of the molecule is CCCCOC(=O)N1CC2(CCC(C(N)=O)CC2)C1. The summed E-state index contributed by atoms with van der Waals surface area (Å²) in [4.78, 5) is 24.6. The largest absolute Gasteiger partial charge is 0.449 e. The maximum atomic E-state index is 11.7. The summed E-state index contributed by atoms with van der Waals surface area (Å²) < 4.78 is 5.19. The van der Waals surface area contributed by atoms with Gasteiger partial charge in [-0.2, -0.15) is 0 Å². The van der Waals surface area contributed by atoms with Gasteiger partial charge in [-0.05, 0) is 32.1 Å². The van der Waals surface area contributed by atoms with Gasteiger partial charge in [0.25, 0.3) is 0 Å². The van der Waals surface area contributed by atoms with Gasteiger partial charge in [0.1, 0.15) is 0 Å². The molecule has 1 aliphatic carbocycles. The van der Waals surface area contributed by atoms with Crippen molar-refractivity contribution in [1.29, 1.82) is 0 Å². The van der Waals surface area contributed by atoms with Gasteiger partial charge >= 0.3 is 6.09 Å². The molecule has 0 aromatic heterocycles. The number of amides is 2. The van der Waals surface area contributed by atoms with Crippen molar-refractivity contribution in [2.75, 3.05) is 19.7 Å². The van der Waals surface area contributed by atoms with E-state index < -0.39 is 0 Å². The van der Waals surface area contributed by atoms with Crippen LogP contribution in [-0.4, -0.2) is 36.6 Å². The number of nitrogens with two attached hydrogens (primary N) is 1. The smallest absolute Gasteiger partial charge is 0.409 e. The van der Waals surface area contributed by atoms with Crippen LogP contribution in [0.3, 0.4) is 0 Å². The molecule has 0 unspecified atom stereocenters. The first-order valence-corrected chi connectivity index (χ1v) is 7.27. The van der Waals surface area contributed by atoms with Crippen LogP contribution in [0, 0.1) is 11.3 Å². The number of carbonyl (C=O) groups is 2. The molecule has 2 aliphatic rings. The second-order valence-electron chi connectivity index (χ2n) is 6.00. The van der Waals surface area contributed by atoms with Crippen molar-refractivity contribution in [1.82, 2.24) is 4.90 Å². The standard InChI is InChI=1S/C14H24N2O3/c1-2-3-8-19-13(18)16-9-14(10-16)6-4-11(5-7-14)12(15)17/h11H,2-10H2,1H3,(H2,15,17). The maximum absolute atomic E-state index is 11.7. The molecule has 1 heterocycles. The van der Waals surface area contributed by atoms with Crippen LogP contribution in [0.25, 0.3) is 0 Å². The summed E-state index contributed by atoms with van der Waals surface area (Å²) in [7, 11) is 0. The van der Waals surface area contributed by atoms with Crippen LogP contribution in [-0.2, 0) is 9.53 Å². The zero-order chi connectivity index (χ0) is 13.9. The van der Waals surface area contributed by atoms with Gasteiger partial charge in [-0.25, -0.2) is 4.79 Å². The fourth-order valence-electron chi connectivity index (χ4n) is 3.12. The molecule has 1 aliphatic heterocycles. The Morgan fingerprint density at radius 1 is 1.32 bits per heavy atom. The van der Waals surface area contributed by atoms with E-state index in [4.69, 9.17) is 10.5 Å². The molecule has 0 radical (unpaired) electrons. The van der Waals surface area contributed by atoms with Crippen LogP contribution in [0.2, 0.25) is 0 Å². The molecule has 1 saturated carbocycles. The fraction of sp³-hybridized carbons (Fsp3) is 0.857. The van der Waals surface area contributed by atoms with Crippen molar-refractivity contribution in [3.63, 3.8) is 0 Å². The summed E-state index contributed by atoms with van der Waals surface area (Å²) in [5.41, 5.74) is 5.57. The van der Waals surface area contributed by atoms with E-state index in [9.17, 15) is 9.59 Å². The van der Waals surface area contributed by atoms with E-state index in [2.05, 4.69) is 6.92 Å². The van der Waals surface area contributed by atoms with Crippen molar-refractivity contribution in [2.24, 2.45) is 17.1 Å². The Labute approximate surface area is 114 Å². The van der Waals surface area contributed by atoms with Crippen LogP contribution in [0.15, 0.2) is 0 Å². The van der Waals surface area contributed by atoms with Gasteiger partial charge in [-0.3, -0.25) is 4.79 Å². The minimum Gasteiger partial charge on any atom is -0.449 e. The van der Waals surface area contributed by atoms with Crippen LogP contribution in [0.5, 0.6) is 0 Å². The van der Waals surface area contributed by atoms with E-state index in [1.165, 1.54) is 0 Å². The lowest BCUT2D eigenvalue weighted by molar-refractivity contribution is -0.125. The van der Waals surface area contributed by atoms with Crippen molar-refractivity contribution < 1.29 is 14.3 Å². The average molecular weight is 268 g/mol. The molecule has 2 fully saturated rings. The van der Waals surface area contributed by atoms with Crippen molar-refractivity contribution >= 4 is 12.0 Å². The number of hydrogen-bond acceptors (Lipinski definition) is 3. The van der Waals surface area contributed by atoms with Gasteiger partial charge in [0, 0.05) is 24.4 Å². The molecule has 1 saturated heterocycles. The number of unbranched alkanes of at least 4 members (excludes halogenated alkanes) is 1.